The van der Waals surface area contributed by atoms with Gasteiger partial charge in [-0.25, -0.2) is 0 Å². The van der Waals surface area contributed by atoms with E-state index in [9.17, 15) is 0 Å². The summed E-state index contributed by atoms with van der Waals surface area (Å²) in [5.41, 5.74) is 0. The van der Waals surface area contributed by atoms with E-state index in [2.05, 4.69) is 45.6 Å². The molecule has 0 nitrogen and oxygen atoms in total. The molecule has 0 saturated heterocycles. The SMILES string of the molecule is C=CCC(/C=C\CC)C(CCC)CCC. The van der Waals surface area contributed by atoms with Crippen molar-refractivity contribution in [3.63, 3.8) is 0 Å². The smallest absolute Gasteiger partial charge is 0.0171 e. The fraction of sp³-hybridized carbons (Fsp3) is 0.733. The largest absolute Gasteiger partial charge is 0.103 e. The molecule has 0 fully saturated rings. The van der Waals surface area contributed by atoms with Gasteiger partial charge in [0.05, 0.1) is 0 Å². The van der Waals surface area contributed by atoms with Gasteiger partial charge in [0.25, 0.3) is 0 Å². The number of hydrogen-bond donors (Lipinski definition) is 0. The van der Waals surface area contributed by atoms with Gasteiger partial charge >= 0.3 is 0 Å². The van der Waals surface area contributed by atoms with E-state index < -0.39 is 0 Å². The second-order valence-corrected chi connectivity index (χ2v) is 4.36. The highest BCUT2D eigenvalue weighted by Crippen LogP contribution is 2.27. The standard InChI is InChI=1S/C15H28/c1-5-9-13-15(12-8-4)14(10-6-2)11-7-3/h8-9,13-15H,4-7,10-12H2,1-3H3/b13-9-. The fourth-order valence-electron chi connectivity index (χ4n) is 2.25. The first-order valence-electron chi connectivity index (χ1n) is 6.57. The average molecular weight is 208 g/mol. The lowest BCUT2D eigenvalue weighted by molar-refractivity contribution is 0.340. The zero-order chi connectivity index (χ0) is 11.5. The van der Waals surface area contributed by atoms with Crippen LogP contribution in [0.15, 0.2) is 24.8 Å². The van der Waals surface area contributed by atoms with Crippen LogP contribution in [-0.2, 0) is 0 Å². The molecular formula is C15H28. The van der Waals surface area contributed by atoms with Gasteiger partial charge in [-0.15, -0.1) is 6.58 Å². The topological polar surface area (TPSA) is 0 Å². The molecule has 0 heteroatoms. The van der Waals surface area contributed by atoms with Crippen molar-refractivity contribution in [2.45, 2.75) is 59.3 Å². The highest BCUT2D eigenvalue weighted by atomic mass is 14.2. The van der Waals surface area contributed by atoms with Crippen molar-refractivity contribution in [2.75, 3.05) is 0 Å². The quantitative estimate of drug-likeness (QED) is 0.447. The molecule has 0 aliphatic carbocycles. The van der Waals surface area contributed by atoms with E-state index in [-0.39, 0.29) is 0 Å². The van der Waals surface area contributed by atoms with Crippen LogP contribution in [0, 0.1) is 11.8 Å². The molecule has 0 N–H and O–H groups in total. The van der Waals surface area contributed by atoms with Crippen LogP contribution in [0.1, 0.15) is 59.3 Å². The van der Waals surface area contributed by atoms with E-state index in [0.717, 1.165) is 24.7 Å². The van der Waals surface area contributed by atoms with Gasteiger partial charge in [-0.1, -0.05) is 64.7 Å². The molecule has 1 unspecified atom stereocenters. The summed E-state index contributed by atoms with van der Waals surface area (Å²) in [5.74, 6) is 1.59. The van der Waals surface area contributed by atoms with Crippen molar-refractivity contribution in [1.29, 1.82) is 0 Å². The van der Waals surface area contributed by atoms with Crippen LogP contribution in [0.2, 0.25) is 0 Å². The van der Waals surface area contributed by atoms with Crippen LogP contribution in [0.3, 0.4) is 0 Å². The van der Waals surface area contributed by atoms with Gasteiger partial charge in [0, 0.05) is 0 Å². The van der Waals surface area contributed by atoms with Crippen molar-refractivity contribution in [2.24, 2.45) is 11.8 Å². The lowest BCUT2D eigenvalue weighted by Gasteiger charge is -2.23. The molecular weight excluding hydrogens is 180 g/mol. The monoisotopic (exact) mass is 208 g/mol. The van der Waals surface area contributed by atoms with Gasteiger partial charge in [0.15, 0.2) is 0 Å². The molecule has 0 amide bonds. The van der Waals surface area contributed by atoms with E-state index in [1.54, 1.807) is 0 Å². The predicted octanol–water partition coefficient (Wildman–Crippen LogP) is 5.36. The van der Waals surface area contributed by atoms with Gasteiger partial charge in [-0.05, 0) is 24.7 Å². The Kier molecular flexibility index (Phi) is 9.67. The van der Waals surface area contributed by atoms with Gasteiger partial charge in [0.1, 0.15) is 0 Å². The lowest BCUT2D eigenvalue weighted by atomic mass is 9.82. The normalized spacial score (nSPS) is 13.6. The Labute approximate surface area is 96.5 Å². The van der Waals surface area contributed by atoms with Crippen molar-refractivity contribution in [3.05, 3.63) is 24.8 Å². The van der Waals surface area contributed by atoms with Gasteiger partial charge in [-0.2, -0.15) is 0 Å². The first-order valence-corrected chi connectivity index (χ1v) is 6.57. The van der Waals surface area contributed by atoms with E-state index in [1.165, 1.54) is 25.7 Å². The maximum atomic E-state index is 3.88. The van der Waals surface area contributed by atoms with E-state index in [4.69, 9.17) is 0 Å². The molecule has 0 aliphatic rings. The Bertz CT molecular complexity index is 161. The summed E-state index contributed by atoms with van der Waals surface area (Å²) in [6, 6.07) is 0. The molecule has 0 spiro atoms. The predicted molar refractivity (Wildman–Crippen MR) is 71.0 cm³/mol. The minimum atomic E-state index is 0.724. The van der Waals surface area contributed by atoms with Crippen LogP contribution >= 0.6 is 0 Å². The summed E-state index contributed by atoms with van der Waals surface area (Å²) in [6.07, 6.45) is 14.4. The molecule has 0 aromatic carbocycles. The molecule has 0 radical (unpaired) electrons. The Morgan fingerprint density at radius 2 is 1.67 bits per heavy atom. The highest BCUT2D eigenvalue weighted by Gasteiger charge is 2.15. The van der Waals surface area contributed by atoms with Crippen molar-refractivity contribution < 1.29 is 0 Å². The van der Waals surface area contributed by atoms with E-state index >= 15 is 0 Å². The molecule has 88 valence electrons. The van der Waals surface area contributed by atoms with Crippen LogP contribution in [-0.4, -0.2) is 0 Å². The molecule has 1 atom stereocenters. The summed E-state index contributed by atoms with van der Waals surface area (Å²) < 4.78 is 0. The second kappa shape index (κ2) is 10.0. The zero-order valence-corrected chi connectivity index (χ0v) is 10.8. The maximum Gasteiger partial charge on any atom is -0.0171 e. The maximum absolute atomic E-state index is 3.88. The highest BCUT2D eigenvalue weighted by molar-refractivity contribution is 4.94. The molecule has 0 aliphatic heterocycles. The van der Waals surface area contributed by atoms with Gasteiger partial charge < -0.3 is 0 Å². The number of rotatable bonds is 9. The molecule has 0 aromatic rings. The third-order valence-electron chi connectivity index (χ3n) is 2.98. The van der Waals surface area contributed by atoms with E-state index in [1.807, 2.05) is 0 Å². The molecule has 0 bridgehead atoms. The third kappa shape index (κ3) is 6.54. The second-order valence-electron chi connectivity index (χ2n) is 4.36. The Balaban J connectivity index is 4.34. The van der Waals surface area contributed by atoms with Crippen LogP contribution in [0.25, 0.3) is 0 Å². The van der Waals surface area contributed by atoms with Crippen LogP contribution in [0.4, 0.5) is 0 Å². The van der Waals surface area contributed by atoms with Gasteiger partial charge in [-0.3, -0.25) is 0 Å². The summed E-state index contributed by atoms with van der Waals surface area (Å²) in [5, 5.41) is 0. The minimum Gasteiger partial charge on any atom is -0.103 e. The van der Waals surface area contributed by atoms with Crippen LogP contribution in [0.5, 0.6) is 0 Å². The Hall–Kier alpha value is -0.520. The van der Waals surface area contributed by atoms with Crippen molar-refractivity contribution in [3.8, 4) is 0 Å². The zero-order valence-electron chi connectivity index (χ0n) is 10.8. The fourth-order valence-corrected chi connectivity index (χ4v) is 2.25. The first-order chi connectivity index (χ1) is 7.29. The number of allylic oxidation sites excluding steroid dienone is 3. The summed E-state index contributed by atoms with van der Waals surface area (Å²) in [7, 11) is 0. The average Bonchev–Trinajstić information content (AvgIpc) is 2.24. The van der Waals surface area contributed by atoms with Crippen molar-refractivity contribution in [1.82, 2.24) is 0 Å². The van der Waals surface area contributed by atoms with Crippen LogP contribution < -0.4 is 0 Å². The molecule has 0 heterocycles. The molecule has 15 heavy (non-hydrogen) atoms. The summed E-state index contributed by atoms with van der Waals surface area (Å²) in [4.78, 5) is 0. The Morgan fingerprint density at radius 1 is 1.07 bits per heavy atom. The third-order valence-corrected chi connectivity index (χ3v) is 2.98. The molecule has 0 rings (SSSR count). The summed E-state index contributed by atoms with van der Waals surface area (Å²) >= 11 is 0. The molecule has 0 saturated carbocycles. The summed E-state index contributed by atoms with van der Waals surface area (Å²) in [6.45, 7) is 10.7. The van der Waals surface area contributed by atoms with Crippen molar-refractivity contribution >= 4 is 0 Å². The Morgan fingerprint density at radius 3 is 2.07 bits per heavy atom. The molecule has 0 aromatic heterocycles. The van der Waals surface area contributed by atoms with E-state index in [0.29, 0.717) is 0 Å². The minimum absolute atomic E-state index is 0.724. The first kappa shape index (κ1) is 14.5. The van der Waals surface area contributed by atoms with Gasteiger partial charge in [0.2, 0.25) is 0 Å². The number of hydrogen-bond acceptors (Lipinski definition) is 0. The lowest BCUT2D eigenvalue weighted by Crippen LogP contribution is -2.12.